The number of hydrogen-bond donors (Lipinski definition) is 1. The first-order valence-electron chi connectivity index (χ1n) is 4.96. The smallest absolute Gasteiger partial charge is 0.306 e. The number of nitrogens with zero attached hydrogens (tertiary/aromatic N) is 2. The van der Waals surface area contributed by atoms with E-state index in [2.05, 4.69) is 4.90 Å². The minimum absolute atomic E-state index is 0.125. The molecule has 6 nitrogen and oxygen atoms in total. The maximum Gasteiger partial charge on any atom is 0.331 e. The molecular weight excluding hydrogens is 198 g/mol. The molecule has 2 heterocycles. The van der Waals surface area contributed by atoms with Gasteiger partial charge < -0.3 is 4.90 Å². The van der Waals surface area contributed by atoms with Crippen molar-refractivity contribution in [1.82, 2.24) is 15.1 Å². The van der Waals surface area contributed by atoms with Crippen molar-refractivity contribution in [3.8, 4) is 0 Å². The molecular formula is C9H13N3O3. The number of carbonyl (C=O) groups is 3. The van der Waals surface area contributed by atoms with Crippen LogP contribution in [0, 0.1) is 0 Å². The number of piperidine rings is 1. The van der Waals surface area contributed by atoms with Crippen molar-refractivity contribution in [2.45, 2.75) is 18.9 Å². The van der Waals surface area contributed by atoms with Gasteiger partial charge in [-0.05, 0) is 33.0 Å². The topological polar surface area (TPSA) is 69.7 Å². The fourth-order valence-corrected chi connectivity index (χ4v) is 2.00. The summed E-state index contributed by atoms with van der Waals surface area (Å²) in [6, 6.07) is -0.695. The average molecular weight is 211 g/mol. The summed E-state index contributed by atoms with van der Waals surface area (Å²) >= 11 is 0. The van der Waals surface area contributed by atoms with Crippen LogP contribution in [0.15, 0.2) is 0 Å². The second-order valence-electron chi connectivity index (χ2n) is 3.97. The van der Waals surface area contributed by atoms with Gasteiger partial charge in [0.2, 0.25) is 0 Å². The number of urea groups is 1. The van der Waals surface area contributed by atoms with E-state index in [1.165, 1.54) is 0 Å². The van der Waals surface area contributed by atoms with Crippen molar-refractivity contribution < 1.29 is 14.4 Å². The van der Waals surface area contributed by atoms with E-state index in [1.807, 2.05) is 12.4 Å². The summed E-state index contributed by atoms with van der Waals surface area (Å²) < 4.78 is 0. The third-order valence-electron chi connectivity index (χ3n) is 2.91. The van der Waals surface area contributed by atoms with Gasteiger partial charge in [-0.15, -0.1) is 0 Å². The Morgan fingerprint density at radius 1 is 1.20 bits per heavy atom. The molecule has 0 saturated carbocycles. The van der Waals surface area contributed by atoms with E-state index in [9.17, 15) is 14.4 Å². The molecule has 2 rings (SSSR count). The first-order valence-corrected chi connectivity index (χ1v) is 4.96. The molecule has 0 aromatic carbocycles. The van der Waals surface area contributed by atoms with Gasteiger partial charge in [-0.25, -0.2) is 4.79 Å². The van der Waals surface area contributed by atoms with Crippen molar-refractivity contribution in [3.05, 3.63) is 0 Å². The minimum atomic E-state index is -0.807. The van der Waals surface area contributed by atoms with E-state index < -0.39 is 17.8 Å². The summed E-state index contributed by atoms with van der Waals surface area (Å²) in [5.74, 6) is -1.52. The third-order valence-corrected chi connectivity index (χ3v) is 2.91. The molecule has 2 aliphatic heterocycles. The fourth-order valence-electron chi connectivity index (χ4n) is 2.00. The van der Waals surface area contributed by atoms with Crippen molar-refractivity contribution in [2.75, 3.05) is 20.1 Å². The Morgan fingerprint density at radius 2 is 1.80 bits per heavy atom. The standard InChI is InChI=1S/C9H13N3O3/c1-11-4-2-6(3-5-11)12-8(14)7(13)10-9(12)15/h6H,2-5H2,1H3,(H,10,13,15). The summed E-state index contributed by atoms with van der Waals surface area (Å²) in [5.41, 5.74) is 0. The van der Waals surface area contributed by atoms with Crippen LogP contribution in [0.2, 0.25) is 0 Å². The highest BCUT2D eigenvalue weighted by molar-refractivity contribution is 6.44. The Hall–Kier alpha value is -1.43. The molecule has 0 radical (unpaired) electrons. The second kappa shape index (κ2) is 3.62. The number of hydrogen-bond acceptors (Lipinski definition) is 4. The van der Waals surface area contributed by atoms with Crippen LogP contribution in [-0.2, 0) is 9.59 Å². The van der Waals surface area contributed by atoms with Gasteiger partial charge in [-0.1, -0.05) is 0 Å². The van der Waals surface area contributed by atoms with Gasteiger partial charge in [-0.3, -0.25) is 19.8 Å². The fraction of sp³-hybridized carbons (Fsp3) is 0.667. The highest BCUT2D eigenvalue weighted by Crippen LogP contribution is 2.18. The van der Waals surface area contributed by atoms with Crippen LogP contribution in [0.4, 0.5) is 4.79 Å². The van der Waals surface area contributed by atoms with Crippen molar-refractivity contribution in [2.24, 2.45) is 0 Å². The Balaban J connectivity index is 2.07. The van der Waals surface area contributed by atoms with Gasteiger partial charge in [0.15, 0.2) is 0 Å². The molecule has 0 aliphatic carbocycles. The van der Waals surface area contributed by atoms with Gasteiger partial charge in [0.1, 0.15) is 0 Å². The van der Waals surface area contributed by atoms with Crippen LogP contribution in [0.25, 0.3) is 0 Å². The van der Waals surface area contributed by atoms with E-state index in [1.54, 1.807) is 0 Å². The number of imide groups is 2. The average Bonchev–Trinajstić information content (AvgIpc) is 2.44. The first-order chi connectivity index (χ1) is 7.09. The van der Waals surface area contributed by atoms with E-state index in [-0.39, 0.29) is 6.04 Å². The van der Waals surface area contributed by atoms with E-state index >= 15 is 0 Å². The quantitative estimate of drug-likeness (QED) is 0.453. The lowest BCUT2D eigenvalue weighted by molar-refractivity contribution is -0.141. The number of carbonyl (C=O) groups excluding carboxylic acids is 3. The molecule has 15 heavy (non-hydrogen) atoms. The number of rotatable bonds is 1. The molecule has 1 N–H and O–H groups in total. The molecule has 0 aromatic rings. The highest BCUT2D eigenvalue weighted by atomic mass is 16.2. The molecule has 4 amide bonds. The summed E-state index contributed by atoms with van der Waals surface area (Å²) in [6.45, 7) is 1.69. The highest BCUT2D eigenvalue weighted by Gasteiger charge is 2.41. The van der Waals surface area contributed by atoms with E-state index in [0.29, 0.717) is 0 Å². The zero-order valence-corrected chi connectivity index (χ0v) is 8.52. The Bertz CT molecular complexity index is 321. The summed E-state index contributed by atoms with van der Waals surface area (Å²) in [4.78, 5) is 36.9. The van der Waals surface area contributed by atoms with Gasteiger partial charge in [-0.2, -0.15) is 0 Å². The van der Waals surface area contributed by atoms with Crippen molar-refractivity contribution >= 4 is 17.8 Å². The van der Waals surface area contributed by atoms with Gasteiger partial charge in [0.25, 0.3) is 0 Å². The molecule has 0 unspecified atom stereocenters. The van der Waals surface area contributed by atoms with Crippen LogP contribution >= 0.6 is 0 Å². The van der Waals surface area contributed by atoms with Gasteiger partial charge >= 0.3 is 17.8 Å². The van der Waals surface area contributed by atoms with Crippen molar-refractivity contribution in [3.63, 3.8) is 0 Å². The molecule has 0 atom stereocenters. The zero-order chi connectivity index (χ0) is 11.0. The Labute approximate surface area is 87.2 Å². The maximum atomic E-state index is 11.4. The molecule has 0 spiro atoms. The molecule has 82 valence electrons. The SMILES string of the molecule is CN1CCC(N2C(=O)NC(=O)C2=O)CC1. The number of amides is 4. The number of nitrogens with one attached hydrogen (secondary N) is 1. The monoisotopic (exact) mass is 211 g/mol. The Morgan fingerprint density at radius 3 is 2.27 bits per heavy atom. The van der Waals surface area contributed by atoms with Crippen LogP contribution in [0.3, 0.4) is 0 Å². The van der Waals surface area contributed by atoms with Crippen LogP contribution < -0.4 is 5.32 Å². The predicted molar refractivity (Wildman–Crippen MR) is 50.9 cm³/mol. The lowest BCUT2D eigenvalue weighted by atomic mass is 10.0. The largest absolute Gasteiger partial charge is 0.331 e. The summed E-state index contributed by atoms with van der Waals surface area (Å²) in [6.07, 6.45) is 1.48. The molecule has 0 bridgehead atoms. The second-order valence-corrected chi connectivity index (χ2v) is 3.97. The van der Waals surface area contributed by atoms with Crippen LogP contribution in [0.1, 0.15) is 12.8 Å². The minimum Gasteiger partial charge on any atom is -0.306 e. The molecule has 2 aliphatic rings. The predicted octanol–water partition coefficient (Wildman–Crippen LogP) is -0.841. The van der Waals surface area contributed by atoms with Crippen LogP contribution in [-0.4, -0.2) is 53.8 Å². The normalized spacial score (nSPS) is 24.9. The van der Waals surface area contributed by atoms with E-state index in [0.717, 1.165) is 30.8 Å². The maximum absolute atomic E-state index is 11.4. The van der Waals surface area contributed by atoms with E-state index in [4.69, 9.17) is 0 Å². The molecule has 2 saturated heterocycles. The third kappa shape index (κ3) is 1.72. The van der Waals surface area contributed by atoms with Crippen molar-refractivity contribution in [1.29, 1.82) is 0 Å². The summed E-state index contributed by atoms with van der Waals surface area (Å²) in [7, 11) is 1.99. The van der Waals surface area contributed by atoms with Gasteiger partial charge in [0.05, 0.1) is 0 Å². The zero-order valence-electron chi connectivity index (χ0n) is 8.52. The lowest BCUT2D eigenvalue weighted by Crippen LogP contribution is -2.46. The molecule has 6 heteroatoms. The molecule has 0 aromatic heterocycles. The van der Waals surface area contributed by atoms with Gasteiger partial charge in [0, 0.05) is 6.04 Å². The number of likely N-dealkylation sites (tertiary alicyclic amines) is 1. The van der Waals surface area contributed by atoms with Crippen LogP contribution in [0.5, 0.6) is 0 Å². The summed E-state index contributed by atoms with van der Waals surface area (Å²) in [5, 5.41) is 2.01. The lowest BCUT2D eigenvalue weighted by Gasteiger charge is -2.32. The Kier molecular flexibility index (Phi) is 2.44. The first kappa shape index (κ1) is 10.1. The molecule has 2 fully saturated rings.